The molecule has 0 aliphatic rings. The molecule has 4 heteroatoms. The van der Waals surface area contributed by atoms with Crippen molar-refractivity contribution in [2.45, 2.75) is 33.2 Å². The van der Waals surface area contributed by atoms with E-state index < -0.39 is 0 Å². The van der Waals surface area contributed by atoms with Crippen LogP contribution in [-0.4, -0.2) is 21.2 Å². The van der Waals surface area contributed by atoms with Crippen molar-refractivity contribution in [3.05, 3.63) is 30.1 Å². The lowest BCUT2D eigenvalue weighted by Crippen LogP contribution is -2.14. The molecule has 2 N–H and O–H groups in total. The van der Waals surface area contributed by atoms with E-state index in [1.807, 2.05) is 25.1 Å². The second-order valence-corrected chi connectivity index (χ2v) is 4.24. The average molecular weight is 230 g/mol. The first-order valence-electron chi connectivity index (χ1n) is 5.95. The van der Waals surface area contributed by atoms with Gasteiger partial charge in [0.25, 0.3) is 0 Å². The van der Waals surface area contributed by atoms with Crippen LogP contribution >= 0.6 is 0 Å². The Balaban J connectivity index is 2.33. The van der Waals surface area contributed by atoms with Gasteiger partial charge in [-0.1, -0.05) is 19.1 Å². The number of para-hydroxylation sites is 1. The summed E-state index contributed by atoms with van der Waals surface area (Å²) in [6.07, 6.45) is 1.08. The number of nitrogens with zero attached hydrogens (tertiary/aromatic N) is 2. The third-order valence-corrected chi connectivity index (χ3v) is 2.78. The number of hydrogen-bond acceptors (Lipinski definition) is 3. The van der Waals surface area contributed by atoms with E-state index in [-0.39, 0.29) is 0 Å². The van der Waals surface area contributed by atoms with E-state index in [0.717, 1.165) is 29.3 Å². The van der Waals surface area contributed by atoms with E-state index in [1.54, 1.807) is 0 Å². The van der Waals surface area contributed by atoms with Crippen LogP contribution < -0.4 is 5.32 Å². The fourth-order valence-corrected chi connectivity index (χ4v) is 1.63. The molecule has 0 spiro atoms. The molecule has 0 saturated carbocycles. The molecule has 1 heterocycles. The molecule has 17 heavy (non-hydrogen) atoms. The third kappa shape index (κ3) is 2.64. The predicted octanol–water partition coefficient (Wildman–Crippen LogP) is 2.99. The van der Waals surface area contributed by atoms with Crippen LogP contribution in [0, 0.1) is 6.92 Å². The van der Waals surface area contributed by atoms with Gasteiger partial charge in [-0.2, -0.15) is 5.10 Å². The molecular formula is C13H18N4. The number of nitrogens with one attached hydrogen (secondary N) is 2. The molecule has 0 amide bonds. The molecule has 2 aromatic rings. The van der Waals surface area contributed by atoms with E-state index in [4.69, 9.17) is 0 Å². The van der Waals surface area contributed by atoms with Gasteiger partial charge in [-0.3, -0.25) is 5.10 Å². The summed E-state index contributed by atoms with van der Waals surface area (Å²) >= 11 is 0. The molecule has 1 aromatic carbocycles. The zero-order valence-electron chi connectivity index (χ0n) is 10.5. The molecule has 0 saturated heterocycles. The Morgan fingerprint density at radius 1 is 1.35 bits per heavy atom. The normalized spacial score (nSPS) is 12.4. The summed E-state index contributed by atoms with van der Waals surface area (Å²) in [4.78, 5) is 4.37. The van der Waals surface area contributed by atoms with Crippen molar-refractivity contribution in [3.8, 4) is 11.4 Å². The van der Waals surface area contributed by atoms with Crippen molar-refractivity contribution in [3.63, 3.8) is 0 Å². The minimum atomic E-state index is 0.441. The molecule has 90 valence electrons. The summed E-state index contributed by atoms with van der Waals surface area (Å²) in [5.41, 5.74) is 2.12. The van der Waals surface area contributed by atoms with Crippen LogP contribution in [-0.2, 0) is 0 Å². The summed E-state index contributed by atoms with van der Waals surface area (Å²) in [5, 5.41) is 10.6. The Kier molecular flexibility index (Phi) is 3.42. The molecule has 0 bridgehead atoms. The van der Waals surface area contributed by atoms with E-state index >= 15 is 0 Å². The molecular weight excluding hydrogens is 212 g/mol. The van der Waals surface area contributed by atoms with Gasteiger partial charge in [0.2, 0.25) is 0 Å². The van der Waals surface area contributed by atoms with Gasteiger partial charge in [0.05, 0.1) is 0 Å². The number of benzene rings is 1. The lowest BCUT2D eigenvalue weighted by Gasteiger charge is -2.15. The molecule has 0 radical (unpaired) electrons. The predicted molar refractivity (Wildman–Crippen MR) is 69.9 cm³/mol. The summed E-state index contributed by atoms with van der Waals surface area (Å²) in [6, 6.07) is 8.56. The van der Waals surface area contributed by atoms with Crippen LogP contribution in [0.2, 0.25) is 0 Å². The summed E-state index contributed by atoms with van der Waals surface area (Å²) in [5.74, 6) is 1.58. The van der Waals surface area contributed by atoms with E-state index in [1.165, 1.54) is 0 Å². The number of hydrogen-bond donors (Lipinski definition) is 2. The SMILES string of the molecule is CCC(C)Nc1ccccc1-c1n[nH]c(C)n1. The minimum Gasteiger partial charge on any atom is -0.382 e. The number of anilines is 1. The monoisotopic (exact) mass is 230 g/mol. The maximum absolute atomic E-state index is 4.37. The van der Waals surface area contributed by atoms with Gasteiger partial charge in [-0.15, -0.1) is 0 Å². The van der Waals surface area contributed by atoms with Crippen LogP contribution in [0.15, 0.2) is 24.3 Å². The zero-order valence-corrected chi connectivity index (χ0v) is 10.5. The number of aromatic nitrogens is 3. The van der Waals surface area contributed by atoms with Crippen molar-refractivity contribution in [1.82, 2.24) is 15.2 Å². The number of aromatic amines is 1. The molecule has 1 atom stereocenters. The second kappa shape index (κ2) is 4.99. The minimum absolute atomic E-state index is 0.441. The molecule has 2 rings (SSSR count). The van der Waals surface area contributed by atoms with Crippen LogP contribution in [0.25, 0.3) is 11.4 Å². The summed E-state index contributed by atoms with van der Waals surface area (Å²) in [7, 11) is 0. The largest absolute Gasteiger partial charge is 0.382 e. The maximum atomic E-state index is 4.37. The first-order chi connectivity index (χ1) is 8.20. The highest BCUT2D eigenvalue weighted by Crippen LogP contribution is 2.25. The highest BCUT2D eigenvalue weighted by Gasteiger charge is 2.10. The van der Waals surface area contributed by atoms with Crippen LogP contribution in [0.5, 0.6) is 0 Å². The van der Waals surface area contributed by atoms with Gasteiger partial charge in [0.1, 0.15) is 5.82 Å². The van der Waals surface area contributed by atoms with Gasteiger partial charge in [-0.25, -0.2) is 4.98 Å². The Labute approximate surface area is 101 Å². The summed E-state index contributed by atoms with van der Waals surface area (Å²) < 4.78 is 0. The van der Waals surface area contributed by atoms with E-state index in [2.05, 4.69) is 40.4 Å². The molecule has 4 nitrogen and oxygen atoms in total. The molecule has 0 aliphatic heterocycles. The first-order valence-corrected chi connectivity index (χ1v) is 5.95. The Morgan fingerprint density at radius 2 is 2.12 bits per heavy atom. The van der Waals surface area contributed by atoms with Crippen LogP contribution in [0.3, 0.4) is 0 Å². The first kappa shape index (κ1) is 11.6. The second-order valence-electron chi connectivity index (χ2n) is 4.24. The highest BCUT2D eigenvalue weighted by molar-refractivity contribution is 5.73. The summed E-state index contributed by atoms with van der Waals surface area (Å²) in [6.45, 7) is 6.23. The Hall–Kier alpha value is -1.84. The number of H-pyrrole nitrogens is 1. The standard InChI is InChI=1S/C13H18N4/c1-4-9(2)14-12-8-6-5-7-11(12)13-15-10(3)16-17-13/h5-9,14H,4H2,1-3H3,(H,15,16,17). The van der Waals surface area contributed by atoms with Crippen molar-refractivity contribution >= 4 is 5.69 Å². The fraction of sp³-hybridized carbons (Fsp3) is 0.385. The smallest absolute Gasteiger partial charge is 0.183 e. The third-order valence-electron chi connectivity index (χ3n) is 2.78. The van der Waals surface area contributed by atoms with Crippen molar-refractivity contribution < 1.29 is 0 Å². The lowest BCUT2D eigenvalue weighted by molar-refractivity contribution is 0.764. The number of rotatable bonds is 4. The zero-order chi connectivity index (χ0) is 12.3. The van der Waals surface area contributed by atoms with Gasteiger partial charge >= 0.3 is 0 Å². The molecule has 0 fully saturated rings. The van der Waals surface area contributed by atoms with Gasteiger partial charge < -0.3 is 5.32 Å². The number of aryl methyl sites for hydroxylation is 1. The van der Waals surface area contributed by atoms with Gasteiger partial charge in [-0.05, 0) is 32.4 Å². The van der Waals surface area contributed by atoms with Crippen molar-refractivity contribution in [1.29, 1.82) is 0 Å². The van der Waals surface area contributed by atoms with E-state index in [0.29, 0.717) is 6.04 Å². The van der Waals surface area contributed by atoms with Gasteiger partial charge in [0.15, 0.2) is 5.82 Å². The van der Waals surface area contributed by atoms with Crippen LogP contribution in [0.4, 0.5) is 5.69 Å². The highest BCUT2D eigenvalue weighted by atomic mass is 15.2. The fourth-order valence-electron chi connectivity index (χ4n) is 1.63. The van der Waals surface area contributed by atoms with Gasteiger partial charge in [0, 0.05) is 17.3 Å². The molecule has 0 aliphatic carbocycles. The molecule has 1 unspecified atom stereocenters. The van der Waals surface area contributed by atoms with Crippen LogP contribution in [0.1, 0.15) is 26.1 Å². The van der Waals surface area contributed by atoms with Crippen molar-refractivity contribution in [2.24, 2.45) is 0 Å². The lowest BCUT2D eigenvalue weighted by atomic mass is 10.1. The quantitative estimate of drug-likeness (QED) is 0.849. The Morgan fingerprint density at radius 3 is 2.76 bits per heavy atom. The topological polar surface area (TPSA) is 53.6 Å². The molecule has 1 aromatic heterocycles. The Bertz CT molecular complexity index is 490. The maximum Gasteiger partial charge on any atom is 0.183 e. The average Bonchev–Trinajstić information content (AvgIpc) is 2.76. The van der Waals surface area contributed by atoms with E-state index in [9.17, 15) is 0 Å². The van der Waals surface area contributed by atoms with Crippen molar-refractivity contribution in [2.75, 3.05) is 5.32 Å².